The Morgan fingerprint density at radius 2 is 1.91 bits per heavy atom. The number of nitrogens with zero attached hydrogens (tertiary/aromatic N) is 1. The first-order valence-electron chi connectivity index (χ1n) is 6.08. The Labute approximate surface area is 123 Å². The van der Waals surface area contributed by atoms with Crippen molar-refractivity contribution < 1.29 is 37.3 Å². The molecule has 22 heavy (non-hydrogen) atoms. The van der Waals surface area contributed by atoms with Gasteiger partial charge in [0.2, 0.25) is 0 Å². The molecule has 0 aromatic heterocycles. The fraction of sp³-hybridized carbons (Fsp3) is 0.385. The van der Waals surface area contributed by atoms with Crippen LogP contribution in [0.15, 0.2) is 12.1 Å². The predicted molar refractivity (Wildman–Crippen MR) is 68.2 cm³/mol. The second-order valence-corrected chi connectivity index (χ2v) is 4.56. The lowest BCUT2D eigenvalue weighted by molar-refractivity contribution is -0.171. The third-order valence-corrected chi connectivity index (χ3v) is 3.33. The van der Waals surface area contributed by atoms with Crippen LogP contribution in [0.25, 0.3) is 0 Å². The minimum Gasteiger partial charge on any atom is -0.497 e. The summed E-state index contributed by atoms with van der Waals surface area (Å²) in [6.07, 6.45) is -5.47. The van der Waals surface area contributed by atoms with Crippen LogP contribution in [0.5, 0.6) is 11.5 Å². The monoisotopic (exact) mass is 319 g/mol. The number of halogens is 3. The second-order valence-electron chi connectivity index (χ2n) is 4.56. The maximum absolute atomic E-state index is 12.8. The summed E-state index contributed by atoms with van der Waals surface area (Å²) in [5.41, 5.74) is 0.0409. The fourth-order valence-corrected chi connectivity index (χ4v) is 2.36. The van der Waals surface area contributed by atoms with Crippen LogP contribution < -0.4 is 14.4 Å². The zero-order chi connectivity index (χ0) is 16.7. The molecule has 0 saturated heterocycles. The number of carbonyl (C=O) groups excluding carboxylic acids is 1. The summed E-state index contributed by atoms with van der Waals surface area (Å²) < 4.78 is 48.2. The molecule has 1 N–H and O–H groups in total. The molecule has 9 heteroatoms. The lowest BCUT2D eigenvalue weighted by atomic mass is 10.1. The number of ether oxygens (including phenoxy) is 2. The van der Waals surface area contributed by atoms with E-state index in [2.05, 4.69) is 0 Å². The van der Waals surface area contributed by atoms with Crippen molar-refractivity contribution in [1.29, 1.82) is 0 Å². The van der Waals surface area contributed by atoms with E-state index < -0.39 is 24.1 Å². The smallest absolute Gasteiger partial charge is 0.471 e. The van der Waals surface area contributed by atoms with Crippen LogP contribution in [-0.4, -0.2) is 43.4 Å². The Balaban J connectivity index is 2.62. The highest BCUT2D eigenvalue weighted by molar-refractivity contribution is 6.05. The van der Waals surface area contributed by atoms with E-state index in [1.54, 1.807) is 0 Å². The molecule has 0 aliphatic carbocycles. The number of carbonyl (C=O) groups is 2. The van der Waals surface area contributed by atoms with Crippen molar-refractivity contribution in [3.8, 4) is 11.5 Å². The molecular formula is C13H12F3NO5. The van der Waals surface area contributed by atoms with Crippen molar-refractivity contribution in [2.75, 3.05) is 19.1 Å². The highest BCUT2D eigenvalue weighted by Gasteiger charge is 2.50. The molecule has 120 valence electrons. The van der Waals surface area contributed by atoms with Gasteiger partial charge < -0.3 is 14.6 Å². The first-order chi connectivity index (χ1) is 10.2. The number of benzene rings is 1. The number of hydrogen-bond donors (Lipinski definition) is 1. The van der Waals surface area contributed by atoms with Gasteiger partial charge in [-0.1, -0.05) is 0 Å². The van der Waals surface area contributed by atoms with Crippen molar-refractivity contribution in [3.05, 3.63) is 17.7 Å². The quantitative estimate of drug-likeness (QED) is 0.916. The van der Waals surface area contributed by atoms with Gasteiger partial charge in [0.15, 0.2) is 0 Å². The average Bonchev–Trinajstić information content (AvgIpc) is 2.83. The molecule has 0 bridgehead atoms. The molecule has 2 rings (SSSR count). The van der Waals surface area contributed by atoms with Gasteiger partial charge in [-0.3, -0.25) is 9.69 Å². The van der Waals surface area contributed by atoms with Crippen molar-refractivity contribution in [3.63, 3.8) is 0 Å². The Hall–Kier alpha value is -2.45. The van der Waals surface area contributed by atoms with E-state index in [1.807, 2.05) is 0 Å². The summed E-state index contributed by atoms with van der Waals surface area (Å²) in [4.78, 5) is 23.1. The number of carboxylic acids is 1. The molecule has 6 nitrogen and oxygen atoms in total. The zero-order valence-corrected chi connectivity index (χ0v) is 11.6. The van der Waals surface area contributed by atoms with Gasteiger partial charge in [-0.25, -0.2) is 4.79 Å². The van der Waals surface area contributed by atoms with Gasteiger partial charge in [-0.15, -0.1) is 0 Å². The predicted octanol–water partition coefficient (Wildman–Crippen LogP) is 1.61. The van der Waals surface area contributed by atoms with Gasteiger partial charge in [0.05, 0.1) is 19.9 Å². The van der Waals surface area contributed by atoms with E-state index >= 15 is 0 Å². The van der Waals surface area contributed by atoms with E-state index in [4.69, 9.17) is 14.6 Å². The highest BCUT2D eigenvalue weighted by Crippen LogP contribution is 2.43. The standard InChI is InChI=1S/C13H12F3NO5/c1-21-6-3-8-7(10(4-6)22-2)5-9(11(18)19)17(8)12(20)13(14,15)16/h3-4,9H,5H2,1-2H3,(H,18,19). The molecule has 1 atom stereocenters. The van der Waals surface area contributed by atoms with E-state index in [9.17, 15) is 22.8 Å². The lowest BCUT2D eigenvalue weighted by Crippen LogP contribution is -2.48. The summed E-state index contributed by atoms with van der Waals surface area (Å²) in [6.45, 7) is 0. The largest absolute Gasteiger partial charge is 0.497 e. The molecule has 1 heterocycles. The van der Waals surface area contributed by atoms with E-state index in [0.29, 0.717) is 0 Å². The Bertz CT molecular complexity index is 629. The molecule has 1 aliphatic rings. The van der Waals surface area contributed by atoms with Gasteiger partial charge in [0.25, 0.3) is 0 Å². The Morgan fingerprint density at radius 3 is 2.36 bits per heavy atom. The van der Waals surface area contributed by atoms with Crippen LogP contribution >= 0.6 is 0 Å². The topological polar surface area (TPSA) is 76.1 Å². The fourth-order valence-electron chi connectivity index (χ4n) is 2.36. The zero-order valence-electron chi connectivity index (χ0n) is 11.6. The van der Waals surface area contributed by atoms with Crippen molar-refractivity contribution in [2.45, 2.75) is 18.6 Å². The number of rotatable bonds is 3. The summed E-state index contributed by atoms with van der Waals surface area (Å²) in [5.74, 6) is -3.46. The van der Waals surface area contributed by atoms with Crippen molar-refractivity contribution in [1.82, 2.24) is 0 Å². The maximum atomic E-state index is 12.8. The molecule has 0 radical (unpaired) electrons. The maximum Gasteiger partial charge on any atom is 0.471 e. The van der Waals surface area contributed by atoms with Gasteiger partial charge in [-0.05, 0) is 0 Å². The number of hydrogen-bond acceptors (Lipinski definition) is 4. The SMILES string of the molecule is COc1cc(OC)c2c(c1)N(C(=O)C(F)(F)F)C(C(=O)O)C2. The first-order valence-corrected chi connectivity index (χ1v) is 6.08. The van der Waals surface area contributed by atoms with Crippen LogP contribution in [0.1, 0.15) is 5.56 Å². The number of anilines is 1. The van der Waals surface area contributed by atoms with Crippen LogP contribution in [0.3, 0.4) is 0 Å². The number of alkyl halides is 3. The average molecular weight is 319 g/mol. The third-order valence-electron chi connectivity index (χ3n) is 3.33. The highest BCUT2D eigenvalue weighted by atomic mass is 19.4. The minimum atomic E-state index is -5.19. The first kappa shape index (κ1) is 15.9. The Kier molecular flexibility index (Phi) is 3.90. The summed E-state index contributed by atoms with van der Waals surface area (Å²) >= 11 is 0. The molecule has 0 spiro atoms. The van der Waals surface area contributed by atoms with Crippen LogP contribution in [0, 0.1) is 0 Å². The molecule has 1 amide bonds. The van der Waals surface area contributed by atoms with Crippen LogP contribution in [0.4, 0.5) is 18.9 Å². The number of fused-ring (bicyclic) bond motifs is 1. The van der Waals surface area contributed by atoms with E-state index in [-0.39, 0.29) is 34.1 Å². The van der Waals surface area contributed by atoms with E-state index in [1.165, 1.54) is 26.4 Å². The van der Waals surface area contributed by atoms with Gasteiger partial charge in [-0.2, -0.15) is 13.2 Å². The normalized spacial score (nSPS) is 17.1. The number of carboxylic acid groups (broad SMARTS) is 1. The van der Waals surface area contributed by atoms with E-state index in [0.717, 1.165) is 0 Å². The van der Waals surface area contributed by atoms with Crippen LogP contribution in [-0.2, 0) is 16.0 Å². The molecular weight excluding hydrogens is 307 g/mol. The summed E-state index contributed by atoms with van der Waals surface area (Å²) in [6, 6.07) is 0.953. The molecule has 1 aromatic carbocycles. The number of amides is 1. The van der Waals surface area contributed by atoms with Gasteiger partial charge in [0, 0.05) is 24.1 Å². The minimum absolute atomic E-state index is 0.154. The van der Waals surface area contributed by atoms with Gasteiger partial charge >= 0.3 is 18.1 Å². The van der Waals surface area contributed by atoms with Gasteiger partial charge in [0.1, 0.15) is 17.5 Å². The lowest BCUT2D eigenvalue weighted by Gasteiger charge is -2.23. The molecule has 1 aromatic rings. The molecule has 1 unspecified atom stereocenters. The summed E-state index contributed by atoms with van der Waals surface area (Å²) in [7, 11) is 2.58. The summed E-state index contributed by atoms with van der Waals surface area (Å²) in [5, 5.41) is 9.13. The molecule has 0 fully saturated rings. The van der Waals surface area contributed by atoms with Crippen molar-refractivity contribution >= 4 is 17.6 Å². The van der Waals surface area contributed by atoms with Crippen molar-refractivity contribution in [2.24, 2.45) is 0 Å². The Morgan fingerprint density at radius 1 is 1.27 bits per heavy atom. The number of methoxy groups -OCH3 is 2. The second kappa shape index (κ2) is 5.39. The van der Waals surface area contributed by atoms with Crippen LogP contribution in [0.2, 0.25) is 0 Å². The molecule has 1 aliphatic heterocycles. The third kappa shape index (κ3) is 2.53. The number of aliphatic carboxylic acids is 1. The molecule has 0 saturated carbocycles.